The number of nitrogens with zero attached hydrogens (tertiary/aromatic N) is 4. The van der Waals surface area contributed by atoms with E-state index >= 15 is 0 Å². The maximum atomic E-state index is 12.4. The standard InChI is InChI=1S/C16H17ClN5O7P/c1-9-8-22(16(24)20-15(9)23)14-6-12(13(27-14)7-19-21-18)29-30(25,26)28-11-5-3-2-4-10(11)17/h2-5,8,12-14H,6-7H2,1H3,(H,25,26)(H,20,23,24)/p-1/t12-,13+,14+/m0/s1. The number of para-hydroxylation sites is 1. The van der Waals surface area contributed by atoms with Gasteiger partial charge in [0.25, 0.3) is 5.56 Å². The summed E-state index contributed by atoms with van der Waals surface area (Å²) in [6.07, 6.45) is -1.87. The average molecular weight is 457 g/mol. The smallest absolute Gasteiger partial charge is 0.330 e. The van der Waals surface area contributed by atoms with Crippen molar-refractivity contribution in [2.45, 2.75) is 31.8 Å². The second-order valence-electron chi connectivity index (χ2n) is 6.37. The highest BCUT2D eigenvalue weighted by Crippen LogP contribution is 2.46. The van der Waals surface area contributed by atoms with Crippen LogP contribution in [0, 0.1) is 6.92 Å². The number of rotatable bonds is 7. The Morgan fingerprint density at radius 3 is 2.90 bits per heavy atom. The third-order valence-electron chi connectivity index (χ3n) is 4.27. The molecule has 0 radical (unpaired) electrons. The summed E-state index contributed by atoms with van der Waals surface area (Å²) in [5.74, 6) is -0.118. The highest BCUT2D eigenvalue weighted by molar-refractivity contribution is 7.46. The summed E-state index contributed by atoms with van der Waals surface area (Å²) in [5.41, 5.74) is 7.54. The Morgan fingerprint density at radius 2 is 2.20 bits per heavy atom. The minimum Gasteiger partial charge on any atom is -0.746 e. The van der Waals surface area contributed by atoms with E-state index in [0.717, 1.165) is 4.57 Å². The first-order valence-electron chi connectivity index (χ1n) is 8.62. The summed E-state index contributed by atoms with van der Waals surface area (Å²) in [6.45, 7) is 1.25. The molecule has 1 saturated heterocycles. The van der Waals surface area contributed by atoms with Crippen LogP contribution in [0.15, 0.2) is 45.2 Å². The number of aryl methyl sites for hydroxylation is 1. The van der Waals surface area contributed by atoms with Gasteiger partial charge < -0.3 is 18.7 Å². The van der Waals surface area contributed by atoms with Crippen LogP contribution in [0.1, 0.15) is 18.2 Å². The lowest BCUT2D eigenvalue weighted by Gasteiger charge is -2.28. The first-order chi connectivity index (χ1) is 14.2. The second kappa shape index (κ2) is 9.05. The van der Waals surface area contributed by atoms with Gasteiger partial charge in [0, 0.05) is 23.1 Å². The largest absolute Gasteiger partial charge is 0.746 e. The van der Waals surface area contributed by atoms with E-state index in [-0.39, 0.29) is 29.3 Å². The SMILES string of the molecule is Cc1cn([C@H]2C[C@H](OP(=O)([O-])Oc3ccccc3Cl)[C@@H](CN=[N+]=[N-])O2)c(=O)[nH]c1=O. The van der Waals surface area contributed by atoms with Crippen LogP contribution in [0.3, 0.4) is 0 Å². The molecule has 0 saturated carbocycles. The molecule has 0 aliphatic carbocycles. The average Bonchev–Trinajstić information content (AvgIpc) is 3.06. The quantitative estimate of drug-likeness (QED) is 0.287. The van der Waals surface area contributed by atoms with E-state index in [1.807, 2.05) is 0 Å². The number of aromatic nitrogens is 2. The van der Waals surface area contributed by atoms with Gasteiger partial charge in [0.1, 0.15) is 12.0 Å². The summed E-state index contributed by atoms with van der Waals surface area (Å²) < 4.78 is 29.2. The van der Waals surface area contributed by atoms with E-state index in [1.54, 1.807) is 6.07 Å². The first kappa shape index (κ1) is 22.1. The lowest BCUT2D eigenvalue weighted by Crippen LogP contribution is -2.33. The van der Waals surface area contributed by atoms with Gasteiger partial charge in [0.05, 0.1) is 23.8 Å². The minimum absolute atomic E-state index is 0.0682. The Balaban J connectivity index is 1.83. The lowest BCUT2D eigenvalue weighted by molar-refractivity contribution is -0.222. The molecule has 1 aromatic carbocycles. The van der Waals surface area contributed by atoms with Crippen LogP contribution in [-0.4, -0.2) is 28.3 Å². The fourth-order valence-corrected chi connectivity index (χ4v) is 4.11. The minimum atomic E-state index is -4.90. The molecule has 3 rings (SSSR count). The predicted octanol–water partition coefficient (Wildman–Crippen LogP) is 2.03. The van der Waals surface area contributed by atoms with Crippen LogP contribution in [0.2, 0.25) is 5.02 Å². The van der Waals surface area contributed by atoms with Gasteiger partial charge in [-0.2, -0.15) is 0 Å². The normalized spacial score (nSPS) is 22.8. The van der Waals surface area contributed by atoms with Crippen molar-refractivity contribution >= 4 is 19.4 Å². The molecule has 14 heteroatoms. The Morgan fingerprint density at radius 1 is 1.47 bits per heavy atom. The van der Waals surface area contributed by atoms with Gasteiger partial charge in [-0.15, -0.1) is 0 Å². The molecule has 12 nitrogen and oxygen atoms in total. The number of azide groups is 1. The molecular formula is C16H16ClN5O7P-. The van der Waals surface area contributed by atoms with E-state index in [0.29, 0.717) is 0 Å². The third-order valence-corrected chi connectivity index (χ3v) is 5.53. The molecule has 0 amide bonds. The molecule has 1 aliphatic rings. The van der Waals surface area contributed by atoms with E-state index in [2.05, 4.69) is 15.0 Å². The molecule has 160 valence electrons. The van der Waals surface area contributed by atoms with Gasteiger partial charge in [0.15, 0.2) is 0 Å². The fraction of sp³-hybridized carbons (Fsp3) is 0.375. The number of ether oxygens (including phenoxy) is 1. The fourth-order valence-electron chi connectivity index (χ4n) is 2.89. The van der Waals surface area contributed by atoms with Crippen molar-refractivity contribution in [3.05, 3.63) is 72.3 Å². The van der Waals surface area contributed by atoms with Crippen LogP contribution in [-0.2, 0) is 13.8 Å². The Hall–Kier alpha value is -2.59. The van der Waals surface area contributed by atoms with Crippen molar-refractivity contribution in [3.8, 4) is 5.75 Å². The summed E-state index contributed by atoms with van der Waals surface area (Å²) in [6, 6.07) is 5.93. The Bertz CT molecular complexity index is 1150. The van der Waals surface area contributed by atoms with E-state index in [1.165, 1.54) is 31.3 Å². The molecule has 1 aliphatic heterocycles. The Kier molecular flexibility index (Phi) is 6.67. The summed E-state index contributed by atoms with van der Waals surface area (Å²) in [5, 5.41) is 3.46. The molecule has 30 heavy (non-hydrogen) atoms. The Labute approximate surface area is 174 Å². The molecular weight excluding hydrogens is 441 g/mol. The van der Waals surface area contributed by atoms with Gasteiger partial charge in [-0.3, -0.25) is 18.9 Å². The summed E-state index contributed by atoms with van der Waals surface area (Å²) >= 11 is 5.90. The molecule has 1 N–H and O–H groups in total. The molecule has 1 unspecified atom stereocenters. The highest BCUT2D eigenvalue weighted by atomic mass is 35.5. The maximum Gasteiger partial charge on any atom is 0.330 e. The van der Waals surface area contributed by atoms with Crippen molar-refractivity contribution in [3.63, 3.8) is 0 Å². The number of hydrogen-bond donors (Lipinski definition) is 1. The molecule has 4 atom stereocenters. The number of hydrogen-bond acceptors (Lipinski definition) is 8. The lowest BCUT2D eigenvalue weighted by atomic mass is 10.2. The van der Waals surface area contributed by atoms with Gasteiger partial charge >= 0.3 is 13.5 Å². The van der Waals surface area contributed by atoms with E-state index in [4.69, 9.17) is 30.9 Å². The highest BCUT2D eigenvalue weighted by Gasteiger charge is 2.39. The zero-order valence-electron chi connectivity index (χ0n) is 15.5. The molecule has 0 bridgehead atoms. The summed E-state index contributed by atoms with van der Waals surface area (Å²) in [4.78, 5) is 40.8. The zero-order valence-corrected chi connectivity index (χ0v) is 17.2. The van der Waals surface area contributed by atoms with Crippen LogP contribution in [0.25, 0.3) is 10.4 Å². The van der Waals surface area contributed by atoms with Crippen molar-refractivity contribution in [1.82, 2.24) is 9.55 Å². The molecule has 0 spiro atoms. The van der Waals surface area contributed by atoms with Gasteiger partial charge in [0.2, 0.25) is 0 Å². The van der Waals surface area contributed by atoms with Crippen molar-refractivity contribution in [2.75, 3.05) is 6.54 Å². The number of benzene rings is 1. The zero-order chi connectivity index (χ0) is 21.9. The molecule has 1 aromatic heterocycles. The van der Waals surface area contributed by atoms with E-state index in [9.17, 15) is 19.0 Å². The maximum absolute atomic E-state index is 12.4. The predicted molar refractivity (Wildman–Crippen MR) is 103 cm³/mol. The van der Waals surface area contributed by atoms with Crippen molar-refractivity contribution in [1.29, 1.82) is 0 Å². The molecule has 1 fully saturated rings. The molecule has 2 aromatic rings. The molecule has 2 heterocycles. The van der Waals surface area contributed by atoms with Crippen molar-refractivity contribution in [2.24, 2.45) is 5.11 Å². The van der Waals surface area contributed by atoms with Crippen LogP contribution >= 0.6 is 19.4 Å². The number of H-pyrrole nitrogens is 1. The van der Waals surface area contributed by atoms with Crippen LogP contribution < -0.4 is 20.7 Å². The van der Waals surface area contributed by atoms with Crippen molar-refractivity contribution < 1.29 is 23.2 Å². The van der Waals surface area contributed by atoms with Crippen LogP contribution in [0.5, 0.6) is 5.75 Å². The topological polar surface area (TPSA) is 171 Å². The number of aromatic amines is 1. The first-order valence-corrected chi connectivity index (χ1v) is 10.5. The number of phosphoric acid groups is 1. The van der Waals surface area contributed by atoms with E-state index < -0.39 is 37.5 Å². The van der Waals surface area contributed by atoms with Gasteiger partial charge in [-0.1, -0.05) is 28.8 Å². The number of phosphoric ester groups is 1. The number of nitrogens with one attached hydrogen (secondary N) is 1. The number of halogens is 1. The third kappa shape index (κ3) is 5.11. The monoisotopic (exact) mass is 456 g/mol. The summed E-state index contributed by atoms with van der Waals surface area (Å²) in [7, 11) is -4.90. The van der Waals surface area contributed by atoms with Gasteiger partial charge in [-0.05, 0) is 24.6 Å². The second-order valence-corrected chi connectivity index (χ2v) is 8.06. The van der Waals surface area contributed by atoms with Crippen LogP contribution in [0.4, 0.5) is 0 Å². The van der Waals surface area contributed by atoms with Gasteiger partial charge in [-0.25, -0.2) is 4.79 Å².